The molecule has 120 valence electrons. The Labute approximate surface area is 129 Å². The highest BCUT2D eigenvalue weighted by Crippen LogP contribution is 2.23. The van der Waals surface area contributed by atoms with Crippen molar-refractivity contribution in [2.75, 3.05) is 13.6 Å². The molecule has 4 nitrogen and oxygen atoms in total. The van der Waals surface area contributed by atoms with Crippen molar-refractivity contribution in [2.45, 2.75) is 58.0 Å². The standard InChI is InChI=1S/C16H28N2O2S/c1-6-10-17-12-14-8-9-15(7-2)16(11-14)21(19,20)18(5)13(3)4/h8-9,11,13,17H,6-7,10,12H2,1-5H3. The predicted molar refractivity (Wildman–Crippen MR) is 87.9 cm³/mol. The smallest absolute Gasteiger partial charge is 0.243 e. The molecule has 0 spiro atoms. The third kappa shape index (κ3) is 4.53. The first-order valence-corrected chi connectivity index (χ1v) is 9.09. The second-order valence-electron chi connectivity index (χ2n) is 5.59. The highest BCUT2D eigenvalue weighted by molar-refractivity contribution is 7.89. The van der Waals surface area contributed by atoms with Crippen LogP contribution >= 0.6 is 0 Å². The van der Waals surface area contributed by atoms with E-state index in [1.807, 2.05) is 39.0 Å². The summed E-state index contributed by atoms with van der Waals surface area (Å²) in [6, 6.07) is 5.71. The normalized spacial score (nSPS) is 12.3. The zero-order chi connectivity index (χ0) is 16.0. The van der Waals surface area contributed by atoms with E-state index in [1.54, 1.807) is 7.05 Å². The van der Waals surface area contributed by atoms with E-state index in [-0.39, 0.29) is 6.04 Å². The third-order valence-electron chi connectivity index (χ3n) is 3.65. The second-order valence-corrected chi connectivity index (χ2v) is 7.55. The maximum atomic E-state index is 12.7. The molecule has 5 heteroatoms. The van der Waals surface area contributed by atoms with E-state index in [0.29, 0.717) is 17.9 Å². The van der Waals surface area contributed by atoms with Crippen molar-refractivity contribution in [3.63, 3.8) is 0 Å². The van der Waals surface area contributed by atoms with E-state index in [0.717, 1.165) is 24.1 Å². The van der Waals surface area contributed by atoms with Gasteiger partial charge in [0.1, 0.15) is 0 Å². The van der Waals surface area contributed by atoms with Crippen LogP contribution in [0.25, 0.3) is 0 Å². The summed E-state index contributed by atoms with van der Waals surface area (Å²) in [4.78, 5) is 0.442. The molecule has 0 radical (unpaired) electrons. The van der Waals surface area contributed by atoms with Crippen LogP contribution in [0, 0.1) is 0 Å². The molecule has 1 aromatic carbocycles. The van der Waals surface area contributed by atoms with Crippen molar-refractivity contribution >= 4 is 10.0 Å². The lowest BCUT2D eigenvalue weighted by molar-refractivity contribution is 0.410. The number of hydrogen-bond donors (Lipinski definition) is 1. The lowest BCUT2D eigenvalue weighted by Gasteiger charge is -2.23. The Morgan fingerprint density at radius 1 is 1.24 bits per heavy atom. The molecule has 21 heavy (non-hydrogen) atoms. The molecular formula is C16H28N2O2S. The van der Waals surface area contributed by atoms with Gasteiger partial charge in [0, 0.05) is 19.6 Å². The first-order chi connectivity index (χ1) is 9.84. The minimum Gasteiger partial charge on any atom is -0.313 e. The molecule has 1 aromatic rings. The Kier molecular flexibility index (Phi) is 6.84. The molecule has 0 saturated heterocycles. The number of aryl methyl sites for hydroxylation is 1. The van der Waals surface area contributed by atoms with Gasteiger partial charge >= 0.3 is 0 Å². The van der Waals surface area contributed by atoms with Crippen molar-refractivity contribution in [1.29, 1.82) is 0 Å². The van der Waals surface area contributed by atoms with Gasteiger partial charge in [0.25, 0.3) is 0 Å². The number of hydrogen-bond acceptors (Lipinski definition) is 3. The molecule has 1 N–H and O–H groups in total. The quantitative estimate of drug-likeness (QED) is 0.751. The summed E-state index contributed by atoms with van der Waals surface area (Å²) >= 11 is 0. The molecule has 0 unspecified atom stereocenters. The van der Waals surface area contributed by atoms with Crippen molar-refractivity contribution in [3.8, 4) is 0 Å². The van der Waals surface area contributed by atoms with Gasteiger partial charge in [-0.15, -0.1) is 0 Å². The maximum absolute atomic E-state index is 12.7. The summed E-state index contributed by atoms with van der Waals surface area (Å²) in [7, 11) is -1.79. The zero-order valence-electron chi connectivity index (χ0n) is 13.8. The molecule has 0 aliphatic carbocycles. The average Bonchev–Trinajstić information content (AvgIpc) is 2.46. The lowest BCUT2D eigenvalue weighted by atomic mass is 10.1. The largest absolute Gasteiger partial charge is 0.313 e. The number of nitrogens with zero attached hydrogens (tertiary/aromatic N) is 1. The Morgan fingerprint density at radius 3 is 2.43 bits per heavy atom. The molecule has 0 aromatic heterocycles. The minimum absolute atomic E-state index is 0.0541. The van der Waals surface area contributed by atoms with Crippen molar-refractivity contribution in [2.24, 2.45) is 0 Å². The van der Waals surface area contributed by atoms with E-state index in [2.05, 4.69) is 12.2 Å². The molecule has 0 saturated carbocycles. The lowest BCUT2D eigenvalue weighted by Crippen LogP contribution is -2.33. The Morgan fingerprint density at radius 2 is 1.90 bits per heavy atom. The predicted octanol–water partition coefficient (Wildman–Crippen LogP) is 2.78. The summed E-state index contributed by atoms with van der Waals surface area (Å²) < 4.78 is 26.9. The second kappa shape index (κ2) is 7.92. The number of rotatable bonds is 8. The Hall–Kier alpha value is -0.910. The molecule has 0 aliphatic rings. The van der Waals surface area contributed by atoms with Gasteiger partial charge in [-0.3, -0.25) is 0 Å². The maximum Gasteiger partial charge on any atom is 0.243 e. The highest BCUT2D eigenvalue weighted by Gasteiger charge is 2.25. The van der Waals surface area contributed by atoms with Crippen LogP contribution < -0.4 is 5.32 Å². The first-order valence-electron chi connectivity index (χ1n) is 7.65. The molecular weight excluding hydrogens is 284 g/mol. The van der Waals surface area contributed by atoms with Crippen LogP contribution in [0.3, 0.4) is 0 Å². The molecule has 0 amide bonds. The van der Waals surface area contributed by atoms with Crippen molar-refractivity contribution in [3.05, 3.63) is 29.3 Å². The van der Waals surface area contributed by atoms with E-state index < -0.39 is 10.0 Å². The highest BCUT2D eigenvalue weighted by atomic mass is 32.2. The van der Waals surface area contributed by atoms with Crippen LogP contribution in [-0.2, 0) is 23.0 Å². The van der Waals surface area contributed by atoms with E-state index in [4.69, 9.17) is 0 Å². The summed E-state index contributed by atoms with van der Waals surface area (Å²) in [5.41, 5.74) is 1.89. The van der Waals surface area contributed by atoms with Crippen LogP contribution in [-0.4, -0.2) is 32.4 Å². The summed E-state index contributed by atoms with van der Waals surface area (Å²) in [5.74, 6) is 0. The fourth-order valence-electron chi connectivity index (χ4n) is 2.08. The van der Waals surface area contributed by atoms with Crippen LogP contribution in [0.15, 0.2) is 23.1 Å². The number of nitrogens with one attached hydrogen (secondary N) is 1. The molecule has 1 rings (SSSR count). The SMILES string of the molecule is CCCNCc1ccc(CC)c(S(=O)(=O)N(C)C(C)C)c1. The van der Waals surface area contributed by atoms with Crippen molar-refractivity contribution in [1.82, 2.24) is 9.62 Å². The molecule has 0 heterocycles. The zero-order valence-corrected chi connectivity index (χ0v) is 14.6. The van der Waals surface area contributed by atoms with Crippen LogP contribution in [0.1, 0.15) is 45.2 Å². The van der Waals surface area contributed by atoms with Crippen LogP contribution in [0.5, 0.6) is 0 Å². The molecule has 0 atom stereocenters. The molecule has 0 bridgehead atoms. The average molecular weight is 312 g/mol. The first kappa shape index (κ1) is 18.1. The third-order valence-corrected chi connectivity index (χ3v) is 5.77. The van der Waals surface area contributed by atoms with Gasteiger partial charge in [0.2, 0.25) is 10.0 Å². The fraction of sp³-hybridized carbons (Fsp3) is 0.625. The summed E-state index contributed by atoms with van der Waals surface area (Å²) in [6.45, 7) is 9.50. The van der Waals surface area contributed by atoms with E-state index >= 15 is 0 Å². The Balaban J connectivity index is 3.16. The minimum atomic E-state index is -3.43. The van der Waals surface area contributed by atoms with Crippen LogP contribution in [0.2, 0.25) is 0 Å². The number of benzene rings is 1. The van der Waals surface area contributed by atoms with Gasteiger partial charge in [-0.05, 0) is 50.4 Å². The van der Waals surface area contributed by atoms with Gasteiger partial charge in [-0.25, -0.2) is 8.42 Å². The number of sulfonamides is 1. The van der Waals surface area contributed by atoms with Gasteiger partial charge < -0.3 is 5.32 Å². The summed E-state index contributed by atoms with van der Waals surface area (Å²) in [5, 5.41) is 3.31. The summed E-state index contributed by atoms with van der Waals surface area (Å²) in [6.07, 6.45) is 1.78. The fourth-order valence-corrected chi connectivity index (χ4v) is 3.79. The van der Waals surface area contributed by atoms with Gasteiger partial charge in [0.15, 0.2) is 0 Å². The van der Waals surface area contributed by atoms with Gasteiger partial charge in [-0.2, -0.15) is 4.31 Å². The monoisotopic (exact) mass is 312 g/mol. The van der Waals surface area contributed by atoms with E-state index in [1.165, 1.54) is 4.31 Å². The Bertz CT molecular complexity index is 553. The topological polar surface area (TPSA) is 49.4 Å². The van der Waals surface area contributed by atoms with E-state index in [9.17, 15) is 8.42 Å². The van der Waals surface area contributed by atoms with Crippen LogP contribution in [0.4, 0.5) is 0 Å². The molecule has 0 aliphatic heterocycles. The van der Waals surface area contributed by atoms with Crippen molar-refractivity contribution < 1.29 is 8.42 Å². The van der Waals surface area contributed by atoms with Gasteiger partial charge in [-0.1, -0.05) is 26.0 Å². The van der Waals surface area contributed by atoms with Gasteiger partial charge in [0.05, 0.1) is 4.90 Å². The molecule has 0 fully saturated rings.